The third kappa shape index (κ3) is 4.64. The fourth-order valence-electron chi connectivity index (χ4n) is 3.67. The maximum absolute atomic E-state index is 4.85. The van der Waals surface area contributed by atoms with E-state index in [1.807, 2.05) is 0 Å². The first-order chi connectivity index (χ1) is 13.6. The number of nitrogens with one attached hydrogen (secondary N) is 1. The van der Waals surface area contributed by atoms with E-state index in [-0.39, 0.29) is 0 Å². The molecule has 0 aliphatic carbocycles. The fourth-order valence-corrected chi connectivity index (χ4v) is 3.67. The Kier molecular flexibility index (Phi) is 6.90. The van der Waals surface area contributed by atoms with E-state index in [1.54, 1.807) is 6.33 Å². The highest BCUT2D eigenvalue weighted by atomic mass is 15.3. The first-order valence-corrected chi connectivity index (χ1v) is 10.3. The Morgan fingerprint density at radius 1 is 1.14 bits per heavy atom. The molecule has 0 spiro atoms. The minimum atomic E-state index is 0.727. The molecule has 1 aromatic carbocycles. The molecular formula is C21H33N7. The first-order valence-electron chi connectivity index (χ1n) is 10.3. The van der Waals surface area contributed by atoms with Crippen molar-refractivity contribution in [3.63, 3.8) is 0 Å². The molecule has 0 saturated carbocycles. The van der Waals surface area contributed by atoms with E-state index in [0.29, 0.717) is 0 Å². The number of aryl methyl sites for hydroxylation is 2. The van der Waals surface area contributed by atoms with Crippen LogP contribution in [0.2, 0.25) is 0 Å². The van der Waals surface area contributed by atoms with Crippen molar-refractivity contribution in [1.29, 1.82) is 0 Å². The topological polar surface area (TPSA) is 61.6 Å². The van der Waals surface area contributed by atoms with Crippen LogP contribution in [0, 0.1) is 13.8 Å². The zero-order valence-corrected chi connectivity index (χ0v) is 17.6. The molecule has 0 atom stereocenters. The SMILES string of the molecule is CCNC(=NCCn1cnnc1CC)N1CCN(c2cccc(C)c2C)CC1. The summed E-state index contributed by atoms with van der Waals surface area (Å²) in [6.45, 7) is 15.0. The average Bonchev–Trinajstić information content (AvgIpc) is 3.17. The molecule has 1 fully saturated rings. The first kappa shape index (κ1) is 20.2. The van der Waals surface area contributed by atoms with Gasteiger partial charge in [0, 0.05) is 51.4 Å². The third-order valence-corrected chi connectivity index (χ3v) is 5.45. The number of nitrogens with zero attached hydrogens (tertiary/aromatic N) is 6. The van der Waals surface area contributed by atoms with Gasteiger partial charge in [-0.25, -0.2) is 0 Å². The van der Waals surface area contributed by atoms with Gasteiger partial charge in [-0.05, 0) is 38.0 Å². The zero-order chi connectivity index (χ0) is 19.9. The van der Waals surface area contributed by atoms with Gasteiger partial charge in [0.1, 0.15) is 12.2 Å². The van der Waals surface area contributed by atoms with Crippen LogP contribution in [0.5, 0.6) is 0 Å². The minimum absolute atomic E-state index is 0.727. The Labute approximate surface area is 168 Å². The van der Waals surface area contributed by atoms with Crippen LogP contribution < -0.4 is 10.2 Å². The lowest BCUT2D eigenvalue weighted by Crippen LogP contribution is -2.52. The van der Waals surface area contributed by atoms with Crippen LogP contribution in [-0.2, 0) is 13.0 Å². The summed E-state index contributed by atoms with van der Waals surface area (Å²) in [6, 6.07) is 6.58. The Morgan fingerprint density at radius 2 is 1.93 bits per heavy atom. The van der Waals surface area contributed by atoms with E-state index >= 15 is 0 Å². The van der Waals surface area contributed by atoms with Crippen molar-refractivity contribution in [2.45, 2.75) is 40.7 Å². The summed E-state index contributed by atoms with van der Waals surface area (Å²) in [7, 11) is 0. The summed E-state index contributed by atoms with van der Waals surface area (Å²) in [5, 5.41) is 11.6. The van der Waals surface area contributed by atoms with E-state index in [1.165, 1.54) is 16.8 Å². The van der Waals surface area contributed by atoms with Gasteiger partial charge < -0.3 is 19.7 Å². The van der Waals surface area contributed by atoms with Crippen molar-refractivity contribution in [2.75, 3.05) is 44.2 Å². The van der Waals surface area contributed by atoms with Gasteiger partial charge >= 0.3 is 0 Å². The zero-order valence-electron chi connectivity index (χ0n) is 17.6. The molecule has 7 heteroatoms. The molecule has 0 unspecified atom stereocenters. The molecule has 2 heterocycles. The van der Waals surface area contributed by atoms with Crippen molar-refractivity contribution in [3.05, 3.63) is 41.5 Å². The van der Waals surface area contributed by atoms with Gasteiger partial charge in [0.15, 0.2) is 5.96 Å². The Hall–Kier alpha value is -2.57. The van der Waals surface area contributed by atoms with Crippen molar-refractivity contribution < 1.29 is 0 Å². The Balaban J connectivity index is 1.60. The van der Waals surface area contributed by atoms with E-state index < -0.39 is 0 Å². The van der Waals surface area contributed by atoms with Gasteiger partial charge in [0.2, 0.25) is 0 Å². The molecular weight excluding hydrogens is 350 g/mol. The number of benzene rings is 1. The molecule has 1 saturated heterocycles. The summed E-state index contributed by atoms with van der Waals surface area (Å²) >= 11 is 0. The predicted octanol–water partition coefficient (Wildman–Crippen LogP) is 2.25. The number of guanidine groups is 1. The van der Waals surface area contributed by atoms with E-state index in [2.05, 4.69) is 75.8 Å². The monoisotopic (exact) mass is 383 g/mol. The second-order valence-corrected chi connectivity index (χ2v) is 7.22. The quantitative estimate of drug-likeness (QED) is 0.612. The molecule has 0 bridgehead atoms. The largest absolute Gasteiger partial charge is 0.368 e. The average molecular weight is 384 g/mol. The van der Waals surface area contributed by atoms with Gasteiger partial charge in [-0.2, -0.15) is 0 Å². The molecule has 1 aromatic heterocycles. The lowest BCUT2D eigenvalue weighted by Gasteiger charge is -2.38. The highest BCUT2D eigenvalue weighted by molar-refractivity contribution is 5.80. The van der Waals surface area contributed by atoms with Gasteiger partial charge in [-0.3, -0.25) is 4.99 Å². The Morgan fingerprint density at radius 3 is 2.64 bits per heavy atom. The molecule has 7 nitrogen and oxygen atoms in total. The molecule has 1 N–H and O–H groups in total. The standard InChI is InChI=1S/C21H33N7/c1-5-20-25-24-16-28(20)11-10-23-21(22-6-2)27-14-12-26(13-15-27)19-9-7-8-17(3)18(19)4/h7-9,16H,5-6,10-15H2,1-4H3,(H,22,23). The molecule has 28 heavy (non-hydrogen) atoms. The van der Waals surface area contributed by atoms with E-state index in [9.17, 15) is 0 Å². The highest BCUT2D eigenvalue weighted by Gasteiger charge is 2.21. The molecule has 1 aliphatic heterocycles. The van der Waals surface area contributed by atoms with Crippen molar-refractivity contribution in [2.24, 2.45) is 4.99 Å². The lowest BCUT2D eigenvalue weighted by molar-refractivity contribution is 0.372. The summed E-state index contributed by atoms with van der Waals surface area (Å²) in [4.78, 5) is 9.72. The van der Waals surface area contributed by atoms with Crippen molar-refractivity contribution >= 4 is 11.6 Å². The van der Waals surface area contributed by atoms with Crippen LogP contribution in [-0.4, -0.2) is 64.9 Å². The summed E-state index contributed by atoms with van der Waals surface area (Å²) < 4.78 is 2.09. The number of rotatable bonds is 6. The van der Waals surface area contributed by atoms with Gasteiger partial charge in [0.25, 0.3) is 0 Å². The highest BCUT2D eigenvalue weighted by Crippen LogP contribution is 2.23. The van der Waals surface area contributed by atoms with Crippen molar-refractivity contribution in [1.82, 2.24) is 25.0 Å². The van der Waals surface area contributed by atoms with Crippen LogP contribution >= 0.6 is 0 Å². The lowest BCUT2D eigenvalue weighted by atomic mass is 10.1. The van der Waals surface area contributed by atoms with E-state index in [4.69, 9.17) is 4.99 Å². The number of piperazine rings is 1. The smallest absolute Gasteiger partial charge is 0.194 e. The van der Waals surface area contributed by atoms with E-state index in [0.717, 1.165) is 64.0 Å². The summed E-state index contributed by atoms with van der Waals surface area (Å²) in [5.41, 5.74) is 4.11. The van der Waals surface area contributed by atoms with Crippen LogP contribution in [0.4, 0.5) is 5.69 Å². The number of hydrogen-bond acceptors (Lipinski definition) is 4. The second-order valence-electron chi connectivity index (χ2n) is 7.22. The molecule has 152 valence electrons. The van der Waals surface area contributed by atoms with Gasteiger partial charge in [-0.1, -0.05) is 19.1 Å². The van der Waals surface area contributed by atoms with Crippen LogP contribution in [0.25, 0.3) is 0 Å². The minimum Gasteiger partial charge on any atom is -0.368 e. The summed E-state index contributed by atoms with van der Waals surface area (Å²) in [6.07, 6.45) is 2.69. The maximum Gasteiger partial charge on any atom is 0.194 e. The number of aromatic nitrogens is 3. The number of hydrogen-bond donors (Lipinski definition) is 1. The maximum atomic E-state index is 4.85. The van der Waals surface area contributed by atoms with Crippen molar-refractivity contribution in [3.8, 4) is 0 Å². The summed E-state index contributed by atoms with van der Waals surface area (Å²) in [5.74, 6) is 2.02. The van der Waals surface area contributed by atoms with Gasteiger partial charge in [-0.15, -0.1) is 10.2 Å². The Bertz CT molecular complexity index is 788. The van der Waals surface area contributed by atoms with Crippen LogP contribution in [0.3, 0.4) is 0 Å². The molecule has 1 aliphatic rings. The van der Waals surface area contributed by atoms with Gasteiger partial charge in [0.05, 0.1) is 6.54 Å². The predicted molar refractivity (Wildman–Crippen MR) is 115 cm³/mol. The van der Waals surface area contributed by atoms with Crippen LogP contribution in [0.1, 0.15) is 30.8 Å². The molecule has 0 radical (unpaired) electrons. The molecule has 0 amide bonds. The van der Waals surface area contributed by atoms with Crippen LogP contribution in [0.15, 0.2) is 29.5 Å². The number of aliphatic imine (C=N–C) groups is 1. The molecule has 2 aromatic rings. The molecule has 3 rings (SSSR count). The number of anilines is 1. The third-order valence-electron chi connectivity index (χ3n) is 5.45. The second kappa shape index (κ2) is 9.57. The normalized spacial score (nSPS) is 15.2. The fraction of sp³-hybridized carbons (Fsp3) is 0.571.